The number of pyridine rings is 1. The third kappa shape index (κ3) is 3.64. The van der Waals surface area contributed by atoms with Crippen molar-refractivity contribution in [3.05, 3.63) is 60.8 Å². The van der Waals surface area contributed by atoms with E-state index in [2.05, 4.69) is 10.3 Å². The summed E-state index contributed by atoms with van der Waals surface area (Å²) in [4.78, 5) is 30.4. The third-order valence-corrected chi connectivity index (χ3v) is 3.96. The molecule has 0 bridgehead atoms. The highest BCUT2D eigenvalue weighted by Crippen LogP contribution is 2.28. The molecule has 0 fully saturated rings. The molecule has 0 radical (unpaired) electrons. The number of hydrogen-bond donors (Lipinski definition) is 1. The number of ether oxygens (including phenoxy) is 1. The van der Waals surface area contributed by atoms with Crippen molar-refractivity contribution in [3.63, 3.8) is 0 Å². The first-order chi connectivity index (χ1) is 12.6. The van der Waals surface area contributed by atoms with E-state index in [-0.39, 0.29) is 18.4 Å². The number of carbonyl (C=O) groups excluding carboxylic acids is 2. The zero-order valence-corrected chi connectivity index (χ0v) is 14.6. The highest BCUT2D eigenvalue weighted by molar-refractivity contribution is 6.05. The highest BCUT2D eigenvalue weighted by Gasteiger charge is 2.19. The van der Waals surface area contributed by atoms with Gasteiger partial charge < -0.3 is 10.1 Å². The number of hydrogen-bond acceptors (Lipinski definition) is 4. The zero-order chi connectivity index (χ0) is 18.5. The van der Waals surface area contributed by atoms with Crippen LogP contribution in [0.25, 0.3) is 10.9 Å². The molecule has 132 valence electrons. The summed E-state index contributed by atoms with van der Waals surface area (Å²) in [5, 5.41) is 3.77. The predicted octanol–water partition coefficient (Wildman–Crippen LogP) is 3.24. The van der Waals surface area contributed by atoms with Crippen molar-refractivity contribution >= 4 is 34.1 Å². The molecule has 0 unspecified atom stereocenters. The van der Waals surface area contributed by atoms with Gasteiger partial charge in [-0.2, -0.15) is 0 Å². The van der Waals surface area contributed by atoms with Crippen LogP contribution in [0, 0.1) is 0 Å². The van der Waals surface area contributed by atoms with Crippen LogP contribution in [0.4, 0.5) is 11.4 Å². The topological polar surface area (TPSA) is 71.5 Å². The van der Waals surface area contributed by atoms with Gasteiger partial charge in [0.05, 0.1) is 24.0 Å². The summed E-state index contributed by atoms with van der Waals surface area (Å²) in [6.07, 6.45) is 1.68. The molecular formula is C20H19N3O3. The van der Waals surface area contributed by atoms with E-state index in [1.54, 1.807) is 30.5 Å². The van der Waals surface area contributed by atoms with Crippen LogP contribution >= 0.6 is 0 Å². The normalized spacial score (nSPS) is 10.4. The van der Waals surface area contributed by atoms with Gasteiger partial charge in [-0.05, 0) is 24.3 Å². The lowest BCUT2D eigenvalue weighted by Crippen LogP contribution is -2.37. The number of carbonyl (C=O) groups is 2. The summed E-state index contributed by atoms with van der Waals surface area (Å²) in [5.41, 5.74) is 1.86. The number of nitrogens with one attached hydrogen (secondary N) is 1. The Morgan fingerprint density at radius 3 is 2.62 bits per heavy atom. The van der Waals surface area contributed by atoms with E-state index in [4.69, 9.17) is 4.74 Å². The number of benzene rings is 2. The van der Waals surface area contributed by atoms with Crippen LogP contribution < -0.4 is 15.0 Å². The van der Waals surface area contributed by atoms with Crippen molar-refractivity contribution in [2.75, 3.05) is 23.9 Å². The summed E-state index contributed by atoms with van der Waals surface area (Å²) in [6.45, 7) is 1.29. The Morgan fingerprint density at radius 2 is 1.85 bits per heavy atom. The molecule has 0 atom stereocenters. The number of amides is 2. The molecule has 6 nitrogen and oxygen atoms in total. The van der Waals surface area contributed by atoms with E-state index in [0.717, 1.165) is 5.39 Å². The van der Waals surface area contributed by atoms with Crippen molar-refractivity contribution in [3.8, 4) is 5.75 Å². The lowest BCUT2D eigenvalue weighted by Gasteiger charge is -2.22. The average molecular weight is 349 g/mol. The maximum Gasteiger partial charge on any atom is 0.244 e. The van der Waals surface area contributed by atoms with Crippen LogP contribution in [-0.4, -0.2) is 30.5 Å². The van der Waals surface area contributed by atoms with E-state index in [1.807, 2.05) is 30.3 Å². The van der Waals surface area contributed by atoms with E-state index in [1.165, 1.54) is 18.9 Å². The van der Waals surface area contributed by atoms with Crippen molar-refractivity contribution in [2.24, 2.45) is 0 Å². The fourth-order valence-electron chi connectivity index (χ4n) is 2.76. The van der Waals surface area contributed by atoms with Crippen LogP contribution in [0.1, 0.15) is 6.92 Å². The van der Waals surface area contributed by atoms with Gasteiger partial charge in [-0.3, -0.25) is 19.5 Å². The second-order valence-corrected chi connectivity index (χ2v) is 5.71. The summed E-state index contributed by atoms with van der Waals surface area (Å²) in [6, 6.07) is 16.4. The highest BCUT2D eigenvalue weighted by atomic mass is 16.5. The molecule has 3 aromatic rings. The first-order valence-corrected chi connectivity index (χ1v) is 8.15. The monoisotopic (exact) mass is 349 g/mol. The van der Waals surface area contributed by atoms with Gasteiger partial charge in [-0.1, -0.05) is 30.3 Å². The fraction of sp³-hybridized carbons (Fsp3) is 0.150. The molecule has 26 heavy (non-hydrogen) atoms. The van der Waals surface area contributed by atoms with E-state index < -0.39 is 0 Å². The fourth-order valence-corrected chi connectivity index (χ4v) is 2.76. The molecule has 1 heterocycles. The first kappa shape index (κ1) is 17.4. The Kier molecular flexibility index (Phi) is 5.12. The molecule has 0 aliphatic carbocycles. The molecule has 6 heteroatoms. The molecule has 0 saturated heterocycles. The molecule has 2 aromatic carbocycles. The van der Waals surface area contributed by atoms with Crippen molar-refractivity contribution in [1.29, 1.82) is 0 Å². The van der Waals surface area contributed by atoms with Crippen LogP contribution in [-0.2, 0) is 9.59 Å². The van der Waals surface area contributed by atoms with Crippen LogP contribution in [0.5, 0.6) is 5.75 Å². The number of fused-ring (bicyclic) bond motifs is 1. The van der Waals surface area contributed by atoms with Crippen LogP contribution in [0.3, 0.4) is 0 Å². The minimum atomic E-state index is -0.316. The van der Waals surface area contributed by atoms with Crippen molar-refractivity contribution < 1.29 is 14.3 Å². The zero-order valence-electron chi connectivity index (χ0n) is 14.6. The SMILES string of the molecule is COc1ccccc1N(CC(=O)Nc1cccc2cccnc12)C(C)=O. The van der Waals surface area contributed by atoms with Crippen LogP contribution in [0.2, 0.25) is 0 Å². The van der Waals surface area contributed by atoms with E-state index in [0.29, 0.717) is 22.6 Å². The van der Waals surface area contributed by atoms with Gasteiger partial charge in [0.25, 0.3) is 0 Å². The Morgan fingerprint density at radius 1 is 1.08 bits per heavy atom. The number of anilines is 2. The molecule has 1 aromatic heterocycles. The predicted molar refractivity (Wildman–Crippen MR) is 101 cm³/mol. The number of methoxy groups -OCH3 is 1. The Hall–Kier alpha value is -3.41. The lowest BCUT2D eigenvalue weighted by molar-refractivity contribution is -0.120. The molecule has 2 amide bonds. The summed E-state index contributed by atoms with van der Waals surface area (Å²) in [5.74, 6) is -0.0349. The van der Waals surface area contributed by atoms with E-state index in [9.17, 15) is 9.59 Å². The maximum absolute atomic E-state index is 12.6. The standard InChI is InChI=1S/C20H19N3O3/c1-14(24)23(17-10-3-4-11-18(17)26-2)13-19(25)22-16-9-5-7-15-8-6-12-21-20(15)16/h3-12H,13H2,1-2H3,(H,22,25). The minimum absolute atomic E-state index is 0.126. The number of para-hydroxylation sites is 3. The van der Waals surface area contributed by atoms with Crippen molar-refractivity contribution in [1.82, 2.24) is 4.98 Å². The maximum atomic E-state index is 12.6. The van der Waals surface area contributed by atoms with E-state index >= 15 is 0 Å². The molecular weight excluding hydrogens is 330 g/mol. The molecule has 0 aliphatic heterocycles. The molecule has 0 saturated carbocycles. The lowest BCUT2D eigenvalue weighted by atomic mass is 10.2. The van der Waals surface area contributed by atoms with Gasteiger partial charge in [0.2, 0.25) is 11.8 Å². The van der Waals surface area contributed by atoms with Crippen LogP contribution in [0.15, 0.2) is 60.8 Å². The van der Waals surface area contributed by atoms with Gasteiger partial charge in [0.1, 0.15) is 12.3 Å². The van der Waals surface area contributed by atoms with Gasteiger partial charge in [-0.25, -0.2) is 0 Å². The average Bonchev–Trinajstić information content (AvgIpc) is 2.66. The molecule has 3 rings (SSSR count). The molecule has 1 N–H and O–H groups in total. The van der Waals surface area contributed by atoms with Gasteiger partial charge in [0, 0.05) is 18.5 Å². The number of rotatable bonds is 5. The number of aromatic nitrogens is 1. The second-order valence-electron chi connectivity index (χ2n) is 5.71. The quantitative estimate of drug-likeness (QED) is 0.768. The third-order valence-electron chi connectivity index (χ3n) is 3.96. The Bertz CT molecular complexity index is 950. The Balaban J connectivity index is 1.84. The molecule has 0 spiro atoms. The summed E-state index contributed by atoms with van der Waals surface area (Å²) >= 11 is 0. The smallest absolute Gasteiger partial charge is 0.244 e. The van der Waals surface area contributed by atoms with Crippen molar-refractivity contribution in [2.45, 2.75) is 6.92 Å². The summed E-state index contributed by atoms with van der Waals surface area (Å²) in [7, 11) is 1.53. The van der Waals surface area contributed by atoms with Gasteiger partial charge in [0.15, 0.2) is 0 Å². The molecule has 0 aliphatic rings. The minimum Gasteiger partial charge on any atom is -0.495 e. The Labute approximate surface area is 151 Å². The van der Waals surface area contributed by atoms with Gasteiger partial charge >= 0.3 is 0 Å². The first-order valence-electron chi connectivity index (χ1n) is 8.15. The number of nitrogens with zero attached hydrogens (tertiary/aromatic N) is 2. The second kappa shape index (κ2) is 7.65. The van der Waals surface area contributed by atoms with Gasteiger partial charge in [-0.15, -0.1) is 0 Å². The largest absolute Gasteiger partial charge is 0.495 e. The summed E-state index contributed by atoms with van der Waals surface area (Å²) < 4.78 is 5.30.